The summed E-state index contributed by atoms with van der Waals surface area (Å²) in [7, 11) is 0. The van der Waals surface area contributed by atoms with Crippen molar-refractivity contribution in [3.05, 3.63) is 0 Å². The first kappa shape index (κ1) is 14.0. The van der Waals surface area contributed by atoms with Gasteiger partial charge in [0.15, 0.2) is 0 Å². The lowest BCUT2D eigenvalue weighted by Crippen LogP contribution is -2.58. The quantitative estimate of drug-likeness (QED) is 0.769. The molecule has 17 heavy (non-hydrogen) atoms. The first-order valence-corrected chi connectivity index (χ1v) is 6.23. The summed E-state index contributed by atoms with van der Waals surface area (Å²) in [5.74, 6) is -1.16. The summed E-state index contributed by atoms with van der Waals surface area (Å²) in [6.45, 7) is 4.15. The zero-order valence-corrected chi connectivity index (χ0v) is 10.6. The average Bonchev–Trinajstić information content (AvgIpc) is 2.28. The van der Waals surface area contributed by atoms with Crippen LogP contribution in [0.3, 0.4) is 0 Å². The summed E-state index contributed by atoms with van der Waals surface area (Å²) < 4.78 is 0. The first-order valence-electron chi connectivity index (χ1n) is 6.23. The molecular formula is C12H22N2O3. The molecule has 1 heterocycles. The number of carbonyl (C=O) groups excluding carboxylic acids is 1. The highest BCUT2D eigenvalue weighted by Gasteiger charge is 2.39. The summed E-state index contributed by atoms with van der Waals surface area (Å²) in [5, 5.41) is 9.12. The maximum atomic E-state index is 12.3. The van der Waals surface area contributed by atoms with E-state index in [4.69, 9.17) is 10.8 Å². The number of hydrogen-bond acceptors (Lipinski definition) is 3. The van der Waals surface area contributed by atoms with Crippen LogP contribution in [0.15, 0.2) is 0 Å². The van der Waals surface area contributed by atoms with Crippen LogP contribution in [0.25, 0.3) is 0 Å². The maximum absolute atomic E-state index is 12.3. The van der Waals surface area contributed by atoms with E-state index < -0.39 is 17.6 Å². The Hall–Kier alpha value is -1.10. The Morgan fingerprint density at radius 2 is 2.12 bits per heavy atom. The Kier molecular flexibility index (Phi) is 4.51. The van der Waals surface area contributed by atoms with Gasteiger partial charge in [-0.15, -0.1) is 0 Å². The van der Waals surface area contributed by atoms with Gasteiger partial charge in [-0.1, -0.05) is 13.3 Å². The van der Waals surface area contributed by atoms with Gasteiger partial charge in [-0.3, -0.25) is 4.79 Å². The molecule has 0 aromatic carbocycles. The second-order valence-corrected chi connectivity index (χ2v) is 5.02. The van der Waals surface area contributed by atoms with Gasteiger partial charge < -0.3 is 15.7 Å². The third-order valence-electron chi connectivity index (χ3n) is 3.31. The molecule has 0 radical (unpaired) electrons. The van der Waals surface area contributed by atoms with Gasteiger partial charge in [-0.25, -0.2) is 4.79 Å². The Balaban J connectivity index is 2.81. The molecule has 1 amide bonds. The van der Waals surface area contributed by atoms with Crippen LogP contribution < -0.4 is 5.73 Å². The second-order valence-electron chi connectivity index (χ2n) is 5.02. The predicted octanol–water partition coefficient (Wildman–Crippen LogP) is 0.970. The molecule has 0 bridgehead atoms. The van der Waals surface area contributed by atoms with Crippen LogP contribution in [-0.4, -0.2) is 40.0 Å². The lowest BCUT2D eigenvalue weighted by Gasteiger charge is -2.38. The average molecular weight is 242 g/mol. The monoisotopic (exact) mass is 242 g/mol. The number of amides is 1. The topological polar surface area (TPSA) is 83.6 Å². The fourth-order valence-corrected chi connectivity index (χ4v) is 2.39. The molecule has 0 saturated carbocycles. The zero-order chi connectivity index (χ0) is 13.1. The first-order chi connectivity index (χ1) is 7.90. The summed E-state index contributed by atoms with van der Waals surface area (Å²) in [6.07, 6.45) is 3.63. The van der Waals surface area contributed by atoms with Crippen LogP contribution in [0.1, 0.15) is 46.0 Å². The van der Waals surface area contributed by atoms with E-state index >= 15 is 0 Å². The van der Waals surface area contributed by atoms with Crippen molar-refractivity contribution >= 4 is 11.9 Å². The van der Waals surface area contributed by atoms with Gasteiger partial charge in [0.2, 0.25) is 5.91 Å². The van der Waals surface area contributed by atoms with E-state index in [0.29, 0.717) is 19.4 Å². The second kappa shape index (κ2) is 5.49. The van der Waals surface area contributed by atoms with Gasteiger partial charge in [-0.05, 0) is 32.6 Å². The number of carboxylic acids is 1. The van der Waals surface area contributed by atoms with Gasteiger partial charge in [0.25, 0.3) is 0 Å². The maximum Gasteiger partial charge on any atom is 0.326 e. The fourth-order valence-electron chi connectivity index (χ4n) is 2.39. The van der Waals surface area contributed by atoms with Crippen molar-refractivity contribution in [3.8, 4) is 0 Å². The molecule has 98 valence electrons. The summed E-state index contributed by atoms with van der Waals surface area (Å²) in [4.78, 5) is 24.8. The number of aliphatic carboxylic acids is 1. The highest BCUT2D eigenvalue weighted by atomic mass is 16.4. The van der Waals surface area contributed by atoms with Crippen molar-refractivity contribution in [3.63, 3.8) is 0 Å². The Bertz CT molecular complexity index is 302. The van der Waals surface area contributed by atoms with E-state index in [1.165, 1.54) is 4.90 Å². The van der Waals surface area contributed by atoms with Crippen molar-refractivity contribution in [1.29, 1.82) is 0 Å². The van der Waals surface area contributed by atoms with Crippen LogP contribution in [0.4, 0.5) is 0 Å². The molecule has 1 aliphatic rings. The third kappa shape index (κ3) is 3.19. The fraction of sp³-hybridized carbons (Fsp3) is 0.833. The molecule has 1 rings (SSSR count). The Labute approximate surface area is 102 Å². The molecule has 2 atom stereocenters. The van der Waals surface area contributed by atoms with Gasteiger partial charge in [0.1, 0.15) is 6.04 Å². The van der Waals surface area contributed by atoms with Gasteiger partial charge in [0, 0.05) is 6.54 Å². The van der Waals surface area contributed by atoms with Gasteiger partial charge in [-0.2, -0.15) is 0 Å². The number of nitrogens with two attached hydrogens (primary N) is 1. The number of piperidine rings is 1. The summed E-state index contributed by atoms with van der Waals surface area (Å²) in [6, 6.07) is -0.698. The van der Waals surface area contributed by atoms with Crippen molar-refractivity contribution in [2.45, 2.75) is 57.5 Å². The minimum absolute atomic E-state index is 0.230. The molecule has 0 aliphatic carbocycles. The van der Waals surface area contributed by atoms with Crippen molar-refractivity contribution in [1.82, 2.24) is 4.90 Å². The van der Waals surface area contributed by atoms with Crippen molar-refractivity contribution in [2.24, 2.45) is 5.73 Å². The molecule has 5 heteroatoms. The number of carbonyl (C=O) groups is 2. The van der Waals surface area contributed by atoms with E-state index in [1.807, 2.05) is 6.92 Å². The lowest BCUT2D eigenvalue weighted by molar-refractivity contribution is -0.154. The van der Waals surface area contributed by atoms with E-state index in [0.717, 1.165) is 19.3 Å². The predicted molar refractivity (Wildman–Crippen MR) is 64.5 cm³/mol. The van der Waals surface area contributed by atoms with Crippen LogP contribution in [0.2, 0.25) is 0 Å². The molecule has 5 nitrogen and oxygen atoms in total. The van der Waals surface area contributed by atoms with Crippen LogP contribution in [0.5, 0.6) is 0 Å². The number of hydrogen-bond donors (Lipinski definition) is 2. The highest BCUT2D eigenvalue weighted by molar-refractivity contribution is 5.89. The molecule has 1 aliphatic heterocycles. The molecule has 1 saturated heterocycles. The zero-order valence-electron chi connectivity index (χ0n) is 10.6. The standard InChI is InChI=1S/C12H22N2O3/c1-3-7-12(2,13)11(17)14-8-5-4-6-9(14)10(15)16/h9H,3-8,13H2,1-2H3,(H,15,16)/t9-,12?/m0/s1. The van der Waals surface area contributed by atoms with E-state index in [2.05, 4.69) is 0 Å². The third-order valence-corrected chi connectivity index (χ3v) is 3.31. The van der Waals surface area contributed by atoms with E-state index in [1.54, 1.807) is 6.92 Å². The molecular weight excluding hydrogens is 220 g/mol. The normalized spacial score (nSPS) is 24.2. The summed E-state index contributed by atoms with van der Waals surface area (Å²) >= 11 is 0. The lowest BCUT2D eigenvalue weighted by atomic mass is 9.92. The van der Waals surface area contributed by atoms with Crippen molar-refractivity contribution in [2.75, 3.05) is 6.54 Å². The van der Waals surface area contributed by atoms with Gasteiger partial charge >= 0.3 is 5.97 Å². The minimum atomic E-state index is -0.945. The number of rotatable bonds is 4. The number of carboxylic acid groups (broad SMARTS) is 1. The van der Waals surface area contributed by atoms with Gasteiger partial charge in [0.05, 0.1) is 5.54 Å². The van der Waals surface area contributed by atoms with Crippen LogP contribution >= 0.6 is 0 Å². The molecule has 0 aromatic rings. The highest BCUT2D eigenvalue weighted by Crippen LogP contribution is 2.22. The molecule has 0 spiro atoms. The number of likely N-dealkylation sites (tertiary alicyclic amines) is 1. The Morgan fingerprint density at radius 1 is 1.47 bits per heavy atom. The van der Waals surface area contributed by atoms with Crippen molar-refractivity contribution < 1.29 is 14.7 Å². The summed E-state index contributed by atoms with van der Waals surface area (Å²) in [5.41, 5.74) is 5.04. The smallest absolute Gasteiger partial charge is 0.326 e. The largest absolute Gasteiger partial charge is 0.480 e. The molecule has 1 fully saturated rings. The number of nitrogens with zero attached hydrogens (tertiary/aromatic N) is 1. The molecule has 0 aromatic heterocycles. The van der Waals surface area contributed by atoms with E-state index in [9.17, 15) is 9.59 Å². The van der Waals surface area contributed by atoms with Crippen LogP contribution in [0, 0.1) is 0 Å². The SMILES string of the molecule is CCCC(C)(N)C(=O)N1CCCC[C@H]1C(=O)O. The molecule has 3 N–H and O–H groups in total. The van der Waals surface area contributed by atoms with E-state index in [-0.39, 0.29) is 5.91 Å². The molecule has 1 unspecified atom stereocenters. The minimum Gasteiger partial charge on any atom is -0.480 e. The Morgan fingerprint density at radius 3 is 2.65 bits per heavy atom. The van der Waals surface area contributed by atoms with Crippen LogP contribution in [-0.2, 0) is 9.59 Å².